The van der Waals surface area contributed by atoms with Gasteiger partial charge in [0.2, 0.25) is 5.78 Å². The van der Waals surface area contributed by atoms with Crippen LogP contribution in [0.3, 0.4) is 0 Å². The van der Waals surface area contributed by atoms with Crippen molar-refractivity contribution in [2.75, 3.05) is 6.61 Å². The van der Waals surface area contributed by atoms with E-state index in [0.717, 1.165) is 0 Å². The maximum Gasteiger partial charge on any atom is 0.312 e. The monoisotopic (exact) mass is 349 g/mol. The second-order valence-electron chi connectivity index (χ2n) is 4.98. The number of benzene rings is 1. The van der Waals surface area contributed by atoms with E-state index < -0.39 is 18.0 Å². The molecule has 0 unspecified atom stereocenters. The number of carbonyl (C=O) groups is 3. The highest BCUT2D eigenvalue weighted by Gasteiger charge is 2.19. The first-order chi connectivity index (χ1) is 11.5. The van der Waals surface area contributed by atoms with E-state index in [0.29, 0.717) is 16.3 Å². The van der Waals surface area contributed by atoms with Gasteiger partial charge in [-0.2, -0.15) is 0 Å². The van der Waals surface area contributed by atoms with Crippen molar-refractivity contribution in [3.05, 3.63) is 58.9 Å². The number of aromatic nitrogens is 1. The summed E-state index contributed by atoms with van der Waals surface area (Å²) in [5.41, 5.74) is 6.13. The summed E-state index contributed by atoms with van der Waals surface area (Å²) in [6, 6.07) is 8.40. The van der Waals surface area contributed by atoms with Crippen LogP contribution in [0.2, 0.25) is 5.02 Å². The molecule has 1 heterocycles. The number of halogens is 1. The van der Waals surface area contributed by atoms with Crippen LogP contribution in [0.15, 0.2) is 42.6 Å². The molecule has 0 fully saturated rings. The molecule has 1 aromatic heterocycles. The number of amides is 2. The minimum Gasteiger partial charge on any atom is -0.457 e. The largest absolute Gasteiger partial charge is 0.457 e. The number of rotatable bonds is 7. The lowest BCUT2D eigenvalue weighted by Crippen LogP contribution is -2.34. The molecule has 2 amide bonds. The number of ketones is 1. The van der Waals surface area contributed by atoms with Crippen LogP contribution < -0.4 is 11.1 Å². The van der Waals surface area contributed by atoms with Crippen LogP contribution in [0.1, 0.15) is 28.5 Å². The van der Waals surface area contributed by atoms with Crippen molar-refractivity contribution < 1.29 is 19.1 Å². The van der Waals surface area contributed by atoms with Crippen LogP contribution in [0.4, 0.5) is 4.79 Å². The van der Waals surface area contributed by atoms with E-state index in [1.54, 1.807) is 42.6 Å². The van der Waals surface area contributed by atoms with Crippen LogP contribution in [-0.4, -0.2) is 29.4 Å². The van der Waals surface area contributed by atoms with Crippen molar-refractivity contribution in [3.63, 3.8) is 0 Å². The van der Waals surface area contributed by atoms with Gasteiger partial charge in [-0.25, -0.2) is 4.79 Å². The predicted octanol–water partition coefficient (Wildman–Crippen LogP) is 2.19. The van der Waals surface area contributed by atoms with Crippen molar-refractivity contribution in [2.45, 2.75) is 12.5 Å². The van der Waals surface area contributed by atoms with E-state index in [4.69, 9.17) is 22.1 Å². The number of ether oxygens (including phenoxy) is 1. The lowest BCUT2D eigenvalue weighted by Gasteiger charge is -2.17. The number of H-pyrrole nitrogens is 1. The maximum absolute atomic E-state index is 11.9. The van der Waals surface area contributed by atoms with E-state index >= 15 is 0 Å². The summed E-state index contributed by atoms with van der Waals surface area (Å²) in [6.07, 6.45) is 1.44. The zero-order valence-electron chi connectivity index (χ0n) is 12.6. The Morgan fingerprint density at radius 1 is 1.21 bits per heavy atom. The molecule has 7 nitrogen and oxygen atoms in total. The molecular weight excluding hydrogens is 334 g/mol. The fourth-order valence-electron chi connectivity index (χ4n) is 2.07. The Balaban J connectivity index is 1.95. The maximum atomic E-state index is 11.9. The van der Waals surface area contributed by atoms with Gasteiger partial charge in [0, 0.05) is 11.2 Å². The number of hydrogen-bond acceptors (Lipinski definition) is 4. The molecule has 0 radical (unpaired) electrons. The summed E-state index contributed by atoms with van der Waals surface area (Å²) < 4.78 is 4.96. The number of urea groups is 1. The third-order valence-electron chi connectivity index (χ3n) is 3.22. The number of hydrogen-bond donors (Lipinski definition) is 3. The van der Waals surface area contributed by atoms with Gasteiger partial charge < -0.3 is 20.8 Å². The molecule has 2 rings (SSSR count). The van der Waals surface area contributed by atoms with Crippen molar-refractivity contribution in [1.29, 1.82) is 0 Å². The molecule has 0 saturated heterocycles. The minimum atomic E-state index is -0.773. The van der Waals surface area contributed by atoms with E-state index in [1.807, 2.05) is 0 Å². The Kier molecular flexibility index (Phi) is 5.97. The Labute approximate surface area is 143 Å². The molecule has 0 spiro atoms. The molecule has 2 aromatic rings. The SMILES string of the molecule is NC(=O)N[C@H](CC(=O)OCC(=O)c1ccc[nH]1)c1ccc(Cl)cc1. The van der Waals surface area contributed by atoms with E-state index in [1.165, 1.54) is 0 Å². The van der Waals surface area contributed by atoms with Gasteiger partial charge >= 0.3 is 12.0 Å². The number of esters is 1. The number of aromatic amines is 1. The lowest BCUT2D eigenvalue weighted by molar-refractivity contribution is -0.143. The number of primary amides is 1. The topological polar surface area (TPSA) is 114 Å². The Morgan fingerprint density at radius 3 is 2.50 bits per heavy atom. The zero-order chi connectivity index (χ0) is 17.5. The van der Waals surface area contributed by atoms with Crippen LogP contribution >= 0.6 is 11.6 Å². The zero-order valence-corrected chi connectivity index (χ0v) is 13.4. The summed E-state index contributed by atoms with van der Waals surface area (Å²) in [6.45, 7) is -0.386. The van der Waals surface area contributed by atoms with Crippen molar-refractivity contribution in [2.24, 2.45) is 5.73 Å². The Hall–Kier alpha value is -2.80. The highest BCUT2D eigenvalue weighted by Crippen LogP contribution is 2.20. The number of Topliss-reactive ketones (excluding diaryl/α,β-unsaturated/α-hetero) is 1. The van der Waals surface area contributed by atoms with Gasteiger partial charge in [-0.1, -0.05) is 23.7 Å². The average molecular weight is 350 g/mol. The van der Waals surface area contributed by atoms with Crippen molar-refractivity contribution in [3.8, 4) is 0 Å². The molecule has 126 valence electrons. The highest BCUT2D eigenvalue weighted by molar-refractivity contribution is 6.30. The van der Waals surface area contributed by atoms with Crippen LogP contribution in [0, 0.1) is 0 Å². The summed E-state index contributed by atoms with van der Waals surface area (Å²) in [7, 11) is 0. The summed E-state index contributed by atoms with van der Waals surface area (Å²) >= 11 is 5.82. The van der Waals surface area contributed by atoms with Gasteiger partial charge in [0.25, 0.3) is 0 Å². The molecule has 0 aliphatic heterocycles. The van der Waals surface area contributed by atoms with E-state index in [9.17, 15) is 14.4 Å². The van der Waals surface area contributed by atoms with Gasteiger partial charge in [-0.3, -0.25) is 9.59 Å². The predicted molar refractivity (Wildman–Crippen MR) is 87.6 cm³/mol. The average Bonchev–Trinajstić information content (AvgIpc) is 3.07. The first kappa shape index (κ1) is 17.6. The van der Waals surface area contributed by atoms with Crippen molar-refractivity contribution in [1.82, 2.24) is 10.3 Å². The second-order valence-corrected chi connectivity index (χ2v) is 5.42. The number of carbonyl (C=O) groups excluding carboxylic acids is 3. The first-order valence-corrected chi connectivity index (χ1v) is 7.47. The molecule has 24 heavy (non-hydrogen) atoms. The van der Waals surface area contributed by atoms with Crippen LogP contribution in [0.5, 0.6) is 0 Å². The van der Waals surface area contributed by atoms with Gasteiger partial charge in [0.05, 0.1) is 18.2 Å². The molecule has 0 aliphatic carbocycles. The molecular formula is C16H16ClN3O4. The molecule has 8 heteroatoms. The van der Waals surface area contributed by atoms with Crippen LogP contribution in [-0.2, 0) is 9.53 Å². The Bertz CT molecular complexity index is 713. The van der Waals surface area contributed by atoms with E-state index in [2.05, 4.69) is 10.3 Å². The standard InChI is InChI=1S/C16H16ClN3O4/c17-11-5-3-10(4-6-11)13(20-16(18)23)8-15(22)24-9-14(21)12-2-1-7-19-12/h1-7,13,19H,8-9H2,(H3,18,20,23)/t13-/m1/s1. The molecule has 1 aromatic carbocycles. The quantitative estimate of drug-likeness (QED) is 0.525. The third kappa shape index (κ3) is 5.13. The highest BCUT2D eigenvalue weighted by atomic mass is 35.5. The molecule has 0 aliphatic rings. The van der Waals surface area contributed by atoms with Gasteiger partial charge in [-0.05, 0) is 29.8 Å². The smallest absolute Gasteiger partial charge is 0.312 e. The lowest BCUT2D eigenvalue weighted by atomic mass is 10.0. The fourth-order valence-corrected chi connectivity index (χ4v) is 2.20. The summed E-state index contributed by atoms with van der Waals surface area (Å²) in [5, 5.41) is 2.99. The van der Waals surface area contributed by atoms with Gasteiger partial charge in [0.1, 0.15) is 0 Å². The molecule has 0 saturated carbocycles. The summed E-state index contributed by atoms with van der Waals surface area (Å²) in [4.78, 5) is 37.6. The van der Waals surface area contributed by atoms with Crippen LogP contribution in [0.25, 0.3) is 0 Å². The summed E-state index contributed by atoms with van der Waals surface area (Å²) in [5.74, 6) is -0.983. The number of nitrogens with one attached hydrogen (secondary N) is 2. The number of nitrogens with two attached hydrogens (primary N) is 1. The molecule has 0 bridgehead atoms. The minimum absolute atomic E-state index is 0.164. The van der Waals surface area contributed by atoms with Crippen molar-refractivity contribution >= 4 is 29.4 Å². The molecule has 4 N–H and O–H groups in total. The third-order valence-corrected chi connectivity index (χ3v) is 3.47. The second kappa shape index (κ2) is 8.16. The van der Waals surface area contributed by atoms with E-state index in [-0.39, 0.29) is 18.8 Å². The fraction of sp³-hybridized carbons (Fsp3) is 0.188. The van der Waals surface area contributed by atoms with Gasteiger partial charge in [-0.15, -0.1) is 0 Å². The Morgan fingerprint density at radius 2 is 1.92 bits per heavy atom. The normalized spacial score (nSPS) is 11.5. The van der Waals surface area contributed by atoms with Gasteiger partial charge in [0.15, 0.2) is 6.61 Å². The molecule has 1 atom stereocenters. The first-order valence-electron chi connectivity index (χ1n) is 7.09.